The number of nitrogens with two attached hydrogens (primary N) is 2. The van der Waals surface area contributed by atoms with Crippen LogP contribution in [0.15, 0.2) is 23.0 Å². The van der Waals surface area contributed by atoms with Crippen molar-refractivity contribution >= 4 is 29.0 Å². The number of ketones is 3. The highest BCUT2D eigenvalue weighted by Gasteiger charge is 2.60. The van der Waals surface area contributed by atoms with E-state index in [1.54, 1.807) is 0 Å². The van der Waals surface area contributed by atoms with Crippen molar-refractivity contribution < 1.29 is 39.6 Å². The van der Waals surface area contributed by atoms with Gasteiger partial charge in [0.1, 0.15) is 22.8 Å². The van der Waals surface area contributed by atoms with E-state index < -0.39 is 64.2 Å². The van der Waals surface area contributed by atoms with Crippen LogP contribution in [0.25, 0.3) is 5.76 Å². The number of phenols is 1. The van der Waals surface area contributed by atoms with Gasteiger partial charge in [0.05, 0.1) is 5.56 Å². The molecule has 0 radical (unpaired) electrons. The summed E-state index contributed by atoms with van der Waals surface area (Å²) in [6, 6.07) is 1.44. The van der Waals surface area contributed by atoms with Crippen molar-refractivity contribution in [1.82, 2.24) is 0 Å². The number of rotatable bonds is 3. The molecule has 1 saturated carbocycles. The average molecular weight is 442 g/mol. The first kappa shape index (κ1) is 21.7. The number of aliphatic hydroxyl groups is 3. The van der Waals surface area contributed by atoms with Gasteiger partial charge in [0.15, 0.2) is 17.2 Å². The molecule has 3 atom stereocenters. The molecule has 10 heteroatoms. The zero-order chi connectivity index (χ0) is 23.7. The van der Waals surface area contributed by atoms with E-state index in [1.165, 1.54) is 13.0 Å². The van der Waals surface area contributed by atoms with Gasteiger partial charge in [-0.1, -0.05) is 0 Å². The number of benzene rings is 1. The van der Waals surface area contributed by atoms with Gasteiger partial charge in [0.2, 0.25) is 5.78 Å². The first-order chi connectivity index (χ1) is 14.9. The zero-order valence-electron chi connectivity index (χ0n) is 17.1. The summed E-state index contributed by atoms with van der Waals surface area (Å²) in [5, 5.41) is 43.4. The Balaban J connectivity index is 1.98. The lowest BCUT2D eigenvalue weighted by Gasteiger charge is -2.46. The minimum Gasteiger partial charge on any atom is -0.508 e. The number of carbonyl (C=O) groups excluding carboxylic acids is 4. The summed E-state index contributed by atoms with van der Waals surface area (Å²) >= 11 is 0. The Labute approximate surface area is 181 Å². The number of primary amides is 1. The third-order valence-electron chi connectivity index (χ3n) is 6.74. The Morgan fingerprint density at radius 2 is 1.84 bits per heavy atom. The normalized spacial score (nSPS) is 27.1. The van der Waals surface area contributed by atoms with Crippen LogP contribution in [0, 0.1) is 11.8 Å². The maximum atomic E-state index is 13.4. The Bertz CT molecular complexity index is 1190. The number of aliphatic hydroxyl groups excluding tert-OH is 2. The molecule has 0 aromatic heterocycles. The van der Waals surface area contributed by atoms with E-state index in [2.05, 4.69) is 0 Å². The van der Waals surface area contributed by atoms with Gasteiger partial charge >= 0.3 is 0 Å². The third kappa shape index (κ3) is 2.66. The molecule has 0 bridgehead atoms. The Hall–Kier alpha value is -3.50. The summed E-state index contributed by atoms with van der Waals surface area (Å²) in [5.41, 5.74) is 7.68. The lowest BCUT2D eigenvalue weighted by Crippen LogP contribution is -2.58. The number of hydrogen-bond donors (Lipinski definition) is 6. The first-order valence-corrected chi connectivity index (χ1v) is 10.0. The minimum atomic E-state index is -2.62. The highest BCUT2D eigenvalue weighted by atomic mass is 16.3. The van der Waals surface area contributed by atoms with Crippen LogP contribution in [0.3, 0.4) is 0 Å². The number of hydrogen-bond acceptors (Lipinski definition) is 9. The molecule has 1 aromatic carbocycles. The zero-order valence-corrected chi connectivity index (χ0v) is 17.1. The molecule has 3 unspecified atom stereocenters. The van der Waals surface area contributed by atoms with E-state index >= 15 is 0 Å². The fraction of sp³-hybridized carbons (Fsp3) is 0.364. The molecule has 4 rings (SSSR count). The summed E-state index contributed by atoms with van der Waals surface area (Å²) in [6.07, 6.45) is -0.333. The molecular weight excluding hydrogens is 420 g/mol. The minimum absolute atomic E-state index is 0.000335. The molecule has 1 fully saturated rings. The standard InChI is InChI=1S/C22H22N2O8/c1-7(25)11-4-9(6-23)17(27)15-12(11)3-8-2-10-5-13(26)16(21(24)31)20(30)22(10,32)19(29)14(8)18(15)28/h4,8,10,27-28,30,32H,2-3,5-6,23H2,1H3,(H2,24,31). The number of fused-ring (bicyclic) bond motifs is 3. The summed E-state index contributed by atoms with van der Waals surface area (Å²) < 4.78 is 0. The molecule has 32 heavy (non-hydrogen) atoms. The van der Waals surface area contributed by atoms with Crippen LogP contribution in [0.2, 0.25) is 0 Å². The van der Waals surface area contributed by atoms with E-state index in [9.17, 15) is 39.6 Å². The van der Waals surface area contributed by atoms with Crippen LogP contribution in [0.1, 0.15) is 46.8 Å². The topological polar surface area (TPSA) is 201 Å². The van der Waals surface area contributed by atoms with Crippen LogP contribution < -0.4 is 11.5 Å². The fourth-order valence-corrected chi connectivity index (χ4v) is 5.21. The van der Waals surface area contributed by atoms with Crippen molar-refractivity contribution in [2.75, 3.05) is 0 Å². The van der Waals surface area contributed by atoms with Gasteiger partial charge in [-0.25, -0.2) is 0 Å². The summed E-state index contributed by atoms with van der Waals surface area (Å²) in [6.45, 7) is 1.18. The molecule has 1 amide bonds. The van der Waals surface area contributed by atoms with Crippen LogP contribution in [0.4, 0.5) is 0 Å². The summed E-state index contributed by atoms with van der Waals surface area (Å²) in [4.78, 5) is 49.6. The van der Waals surface area contributed by atoms with Gasteiger partial charge in [-0.2, -0.15) is 0 Å². The summed E-state index contributed by atoms with van der Waals surface area (Å²) in [5.74, 6) is -7.42. The first-order valence-electron chi connectivity index (χ1n) is 10.0. The van der Waals surface area contributed by atoms with Crippen molar-refractivity contribution in [3.8, 4) is 5.75 Å². The third-order valence-corrected chi connectivity index (χ3v) is 6.74. The Morgan fingerprint density at radius 3 is 2.41 bits per heavy atom. The van der Waals surface area contributed by atoms with E-state index in [0.717, 1.165) is 0 Å². The highest BCUT2D eigenvalue weighted by molar-refractivity contribution is 6.22. The van der Waals surface area contributed by atoms with Crippen molar-refractivity contribution in [3.63, 3.8) is 0 Å². The molecular formula is C22H22N2O8. The maximum Gasteiger partial charge on any atom is 0.255 e. The molecule has 8 N–H and O–H groups in total. The molecule has 3 aliphatic carbocycles. The van der Waals surface area contributed by atoms with Gasteiger partial charge in [-0.05, 0) is 37.3 Å². The van der Waals surface area contributed by atoms with Crippen LogP contribution >= 0.6 is 0 Å². The molecule has 0 aliphatic heterocycles. The molecule has 0 saturated heterocycles. The number of phenolic OH excluding ortho intramolecular Hbond substituents is 1. The highest BCUT2D eigenvalue weighted by Crippen LogP contribution is 2.52. The fourth-order valence-electron chi connectivity index (χ4n) is 5.21. The van der Waals surface area contributed by atoms with Crippen LogP contribution in [-0.2, 0) is 27.3 Å². The second kappa shape index (κ2) is 7.01. The van der Waals surface area contributed by atoms with Gasteiger partial charge in [0, 0.05) is 35.6 Å². The van der Waals surface area contributed by atoms with Gasteiger partial charge in [-0.3, -0.25) is 19.2 Å². The van der Waals surface area contributed by atoms with Gasteiger partial charge in [0.25, 0.3) is 5.91 Å². The Kier molecular flexibility index (Phi) is 4.76. The predicted molar refractivity (Wildman–Crippen MR) is 109 cm³/mol. The largest absolute Gasteiger partial charge is 0.508 e. The van der Waals surface area contributed by atoms with E-state index in [-0.39, 0.29) is 47.4 Å². The SMILES string of the molecule is CC(=O)c1cc(CN)c(O)c2c1CC1CC3CC(=O)C(C(N)=O)=C(O)C3(O)C(=O)C1=C2O. The molecule has 0 spiro atoms. The average Bonchev–Trinajstić information content (AvgIpc) is 2.70. The molecule has 0 heterocycles. The number of carbonyl (C=O) groups is 4. The van der Waals surface area contributed by atoms with Crippen molar-refractivity contribution in [1.29, 1.82) is 0 Å². The number of aromatic hydroxyl groups is 1. The van der Waals surface area contributed by atoms with Gasteiger partial charge < -0.3 is 31.9 Å². The van der Waals surface area contributed by atoms with Crippen molar-refractivity contribution in [3.05, 3.63) is 45.2 Å². The lowest BCUT2D eigenvalue weighted by atomic mass is 9.59. The molecule has 1 aromatic rings. The van der Waals surface area contributed by atoms with E-state index in [0.29, 0.717) is 5.56 Å². The van der Waals surface area contributed by atoms with Crippen molar-refractivity contribution in [2.24, 2.45) is 23.3 Å². The van der Waals surface area contributed by atoms with E-state index in [1.807, 2.05) is 0 Å². The molecule has 3 aliphatic rings. The summed E-state index contributed by atoms with van der Waals surface area (Å²) in [7, 11) is 0. The molecule has 168 valence electrons. The van der Waals surface area contributed by atoms with E-state index in [4.69, 9.17) is 11.5 Å². The Morgan fingerprint density at radius 1 is 1.19 bits per heavy atom. The monoisotopic (exact) mass is 442 g/mol. The second-order valence-corrected chi connectivity index (χ2v) is 8.45. The maximum absolute atomic E-state index is 13.4. The number of amides is 1. The smallest absolute Gasteiger partial charge is 0.255 e. The lowest BCUT2D eigenvalue weighted by molar-refractivity contribution is -0.147. The van der Waals surface area contributed by atoms with Crippen molar-refractivity contribution in [2.45, 2.75) is 38.3 Å². The molecule has 10 nitrogen and oxygen atoms in total. The quantitative estimate of drug-likeness (QED) is 0.277. The predicted octanol–water partition coefficient (Wildman–Crippen LogP) is 0.0852. The van der Waals surface area contributed by atoms with Crippen LogP contribution in [-0.4, -0.2) is 49.3 Å². The second-order valence-electron chi connectivity index (χ2n) is 8.45. The number of Topliss-reactive ketones (excluding diaryl/α,β-unsaturated/α-hetero) is 3. The van der Waals surface area contributed by atoms with Crippen LogP contribution in [0.5, 0.6) is 5.75 Å². The van der Waals surface area contributed by atoms with Gasteiger partial charge in [-0.15, -0.1) is 0 Å².